The number of hydrogen-bond donors (Lipinski definition) is 2. The molecule has 1 saturated heterocycles. The van der Waals surface area contributed by atoms with E-state index in [1.165, 1.54) is 12.7 Å². The standard InChI is InChI=1S/C28H37N3O5/c1-35-22-11-12-23(25(18-22)36-2)26(28(33)34)31-16-13-19(14-17-31)24(32)8-4-3-7-21-10-9-20-6-5-15-29-27(20)30-21/h9-12,18-19,26H,3-8,13-17H2,1-2H3,(H,29,30)(H,33,34). The van der Waals surface area contributed by atoms with Crippen LogP contribution in [0.3, 0.4) is 0 Å². The fourth-order valence-electron chi connectivity index (χ4n) is 5.33. The second-order valence-corrected chi connectivity index (χ2v) is 9.67. The number of ether oxygens (including phenoxy) is 2. The molecule has 0 saturated carbocycles. The number of hydrogen-bond acceptors (Lipinski definition) is 7. The summed E-state index contributed by atoms with van der Waals surface area (Å²) in [7, 11) is 3.09. The van der Waals surface area contributed by atoms with Gasteiger partial charge in [0.15, 0.2) is 0 Å². The van der Waals surface area contributed by atoms with Crippen LogP contribution in [0.15, 0.2) is 30.3 Å². The van der Waals surface area contributed by atoms with Gasteiger partial charge in [-0.3, -0.25) is 14.5 Å². The van der Waals surface area contributed by atoms with Gasteiger partial charge in [-0.25, -0.2) is 4.98 Å². The van der Waals surface area contributed by atoms with Crippen LogP contribution in [0, 0.1) is 5.92 Å². The van der Waals surface area contributed by atoms with Crippen LogP contribution in [0.2, 0.25) is 0 Å². The number of aliphatic carboxylic acids is 1. The summed E-state index contributed by atoms with van der Waals surface area (Å²) in [4.78, 5) is 31.7. The van der Waals surface area contributed by atoms with Gasteiger partial charge < -0.3 is 19.9 Å². The summed E-state index contributed by atoms with van der Waals surface area (Å²) in [5.41, 5.74) is 2.97. The zero-order valence-electron chi connectivity index (χ0n) is 21.3. The van der Waals surface area contributed by atoms with Crippen molar-refractivity contribution < 1.29 is 24.2 Å². The molecule has 0 radical (unpaired) electrons. The molecule has 36 heavy (non-hydrogen) atoms. The van der Waals surface area contributed by atoms with E-state index in [4.69, 9.17) is 14.5 Å². The second kappa shape index (κ2) is 12.2. The van der Waals surface area contributed by atoms with Gasteiger partial charge in [0.05, 0.1) is 14.2 Å². The summed E-state index contributed by atoms with van der Waals surface area (Å²) < 4.78 is 10.7. The number of benzene rings is 1. The maximum absolute atomic E-state index is 12.9. The van der Waals surface area contributed by atoms with Crippen molar-refractivity contribution in [2.45, 2.75) is 57.4 Å². The van der Waals surface area contributed by atoms with E-state index in [1.54, 1.807) is 25.3 Å². The number of methoxy groups -OCH3 is 2. The Kier molecular flexibility index (Phi) is 8.80. The minimum atomic E-state index is -0.922. The Hall–Kier alpha value is -3.13. The number of carboxylic acids is 1. The van der Waals surface area contributed by atoms with Gasteiger partial charge >= 0.3 is 5.97 Å². The average molecular weight is 496 g/mol. The summed E-state index contributed by atoms with van der Waals surface area (Å²) in [5, 5.41) is 13.4. The van der Waals surface area contributed by atoms with Crippen molar-refractivity contribution in [2.75, 3.05) is 39.2 Å². The van der Waals surface area contributed by atoms with Gasteiger partial charge in [0.25, 0.3) is 0 Å². The Morgan fingerprint density at radius 2 is 1.94 bits per heavy atom. The summed E-state index contributed by atoms with van der Waals surface area (Å²) in [6, 6.07) is 8.68. The molecule has 0 aliphatic carbocycles. The summed E-state index contributed by atoms with van der Waals surface area (Å²) >= 11 is 0. The van der Waals surface area contributed by atoms with Gasteiger partial charge in [-0.2, -0.15) is 0 Å². The number of fused-ring (bicyclic) bond motifs is 1. The number of rotatable bonds is 11. The highest BCUT2D eigenvalue weighted by Crippen LogP contribution is 2.35. The van der Waals surface area contributed by atoms with Gasteiger partial charge in [0.1, 0.15) is 29.1 Å². The van der Waals surface area contributed by atoms with E-state index >= 15 is 0 Å². The van der Waals surface area contributed by atoms with Crippen molar-refractivity contribution in [2.24, 2.45) is 5.92 Å². The SMILES string of the molecule is COc1ccc(C(C(=O)O)N2CCC(C(=O)CCCCc3ccc4c(n3)NCCC4)CC2)c(OC)c1. The Morgan fingerprint density at radius 1 is 1.14 bits per heavy atom. The van der Waals surface area contributed by atoms with Crippen LogP contribution in [-0.4, -0.2) is 60.6 Å². The molecular formula is C28H37N3O5. The fourth-order valence-corrected chi connectivity index (χ4v) is 5.33. The lowest BCUT2D eigenvalue weighted by Crippen LogP contribution is -2.41. The fraction of sp³-hybridized carbons (Fsp3) is 0.536. The quantitative estimate of drug-likeness (QED) is 0.446. The number of ketones is 1. The first-order valence-electron chi connectivity index (χ1n) is 12.9. The Labute approximate surface area is 213 Å². The lowest BCUT2D eigenvalue weighted by atomic mass is 9.88. The number of anilines is 1. The largest absolute Gasteiger partial charge is 0.497 e. The number of piperidine rings is 1. The van der Waals surface area contributed by atoms with Gasteiger partial charge in [0.2, 0.25) is 0 Å². The Bertz CT molecular complexity index is 1070. The molecular weight excluding hydrogens is 458 g/mol. The van der Waals surface area contributed by atoms with Gasteiger partial charge in [-0.1, -0.05) is 6.07 Å². The normalized spacial score (nSPS) is 17.1. The topological polar surface area (TPSA) is 101 Å². The molecule has 8 heteroatoms. The van der Waals surface area contributed by atoms with Gasteiger partial charge in [-0.15, -0.1) is 0 Å². The van der Waals surface area contributed by atoms with Crippen LogP contribution >= 0.6 is 0 Å². The van der Waals surface area contributed by atoms with Crippen molar-refractivity contribution in [1.82, 2.24) is 9.88 Å². The molecule has 4 rings (SSSR count). The number of Topliss-reactive ketones (excluding diaryl/α,β-unsaturated/α-hetero) is 1. The molecule has 0 spiro atoms. The maximum atomic E-state index is 12.9. The van der Waals surface area contributed by atoms with Gasteiger partial charge in [-0.05, 0) is 81.8 Å². The van der Waals surface area contributed by atoms with E-state index in [-0.39, 0.29) is 5.92 Å². The molecule has 1 atom stereocenters. The smallest absolute Gasteiger partial charge is 0.325 e. The maximum Gasteiger partial charge on any atom is 0.325 e. The van der Waals surface area contributed by atoms with Gasteiger partial charge in [0, 0.05) is 36.2 Å². The lowest BCUT2D eigenvalue weighted by Gasteiger charge is -2.35. The molecule has 0 bridgehead atoms. The van der Waals surface area contributed by atoms with Crippen molar-refractivity contribution in [3.63, 3.8) is 0 Å². The molecule has 1 aromatic carbocycles. The number of carboxylic acid groups (broad SMARTS) is 1. The highest BCUT2D eigenvalue weighted by molar-refractivity contribution is 5.81. The number of unbranched alkanes of at least 4 members (excludes halogenated alkanes) is 1. The second-order valence-electron chi connectivity index (χ2n) is 9.67. The van der Waals surface area contributed by atoms with E-state index in [0.717, 1.165) is 50.2 Å². The van der Waals surface area contributed by atoms with E-state index < -0.39 is 12.0 Å². The molecule has 2 aromatic rings. The molecule has 0 amide bonds. The molecule has 1 unspecified atom stereocenters. The number of nitrogens with zero attached hydrogens (tertiary/aromatic N) is 2. The van der Waals surface area contributed by atoms with E-state index in [2.05, 4.69) is 17.4 Å². The van der Waals surface area contributed by atoms with Crippen LogP contribution in [0.4, 0.5) is 5.82 Å². The molecule has 2 aliphatic heterocycles. The number of nitrogens with one attached hydrogen (secondary N) is 1. The third kappa shape index (κ3) is 6.16. The monoisotopic (exact) mass is 495 g/mol. The predicted molar refractivity (Wildman–Crippen MR) is 138 cm³/mol. The number of carbonyl (C=O) groups is 2. The molecule has 3 heterocycles. The Balaban J connectivity index is 1.26. The van der Waals surface area contributed by atoms with E-state index in [0.29, 0.717) is 55.2 Å². The first kappa shape index (κ1) is 25.9. The molecule has 8 nitrogen and oxygen atoms in total. The molecule has 1 aromatic heterocycles. The first-order valence-corrected chi connectivity index (χ1v) is 12.9. The summed E-state index contributed by atoms with van der Waals surface area (Å²) in [6.45, 7) is 2.11. The van der Waals surface area contributed by atoms with E-state index in [9.17, 15) is 14.7 Å². The van der Waals surface area contributed by atoms with Crippen LogP contribution in [0.1, 0.15) is 61.4 Å². The average Bonchev–Trinajstić information content (AvgIpc) is 2.91. The number of pyridine rings is 1. The molecule has 2 aliphatic rings. The number of carbonyl (C=O) groups excluding carboxylic acids is 1. The molecule has 1 fully saturated rings. The highest BCUT2D eigenvalue weighted by atomic mass is 16.5. The van der Waals surface area contributed by atoms with E-state index in [1.807, 2.05) is 4.90 Å². The predicted octanol–water partition coefficient (Wildman–Crippen LogP) is 4.28. The first-order chi connectivity index (χ1) is 17.5. The molecule has 2 N–H and O–H groups in total. The van der Waals surface area contributed by atoms with Crippen LogP contribution in [0.5, 0.6) is 11.5 Å². The minimum Gasteiger partial charge on any atom is -0.497 e. The Morgan fingerprint density at radius 3 is 2.67 bits per heavy atom. The number of aromatic nitrogens is 1. The van der Waals surface area contributed by atoms with Crippen molar-refractivity contribution in [1.29, 1.82) is 0 Å². The zero-order valence-corrected chi connectivity index (χ0v) is 21.3. The third-order valence-corrected chi connectivity index (χ3v) is 7.38. The summed E-state index contributed by atoms with van der Waals surface area (Å²) in [6.07, 6.45) is 6.84. The van der Waals surface area contributed by atoms with Crippen LogP contribution in [-0.2, 0) is 22.4 Å². The highest BCUT2D eigenvalue weighted by Gasteiger charge is 2.34. The number of likely N-dealkylation sites (tertiary alicyclic amines) is 1. The summed E-state index contributed by atoms with van der Waals surface area (Å²) in [5.74, 6) is 1.50. The van der Waals surface area contributed by atoms with Crippen molar-refractivity contribution in [3.8, 4) is 11.5 Å². The van der Waals surface area contributed by atoms with Crippen molar-refractivity contribution in [3.05, 3.63) is 47.2 Å². The minimum absolute atomic E-state index is 0.000438. The molecule has 194 valence electrons. The van der Waals surface area contributed by atoms with Crippen LogP contribution < -0.4 is 14.8 Å². The number of aryl methyl sites for hydroxylation is 2. The van der Waals surface area contributed by atoms with Crippen molar-refractivity contribution >= 4 is 17.6 Å². The zero-order chi connectivity index (χ0) is 25.5. The third-order valence-electron chi connectivity index (χ3n) is 7.38. The van der Waals surface area contributed by atoms with Crippen LogP contribution in [0.25, 0.3) is 0 Å². The lowest BCUT2D eigenvalue weighted by molar-refractivity contribution is -0.144.